The van der Waals surface area contributed by atoms with Crippen molar-refractivity contribution in [3.63, 3.8) is 0 Å². The predicted molar refractivity (Wildman–Crippen MR) is 83.9 cm³/mol. The standard InChI is InChI=1S/C16H21N3O2/c1-2-3-4-12(9-17)19-16-13-8-15-14(20-10-21-15)7-11(13)5-6-18-16/h5-8,12H,2-4,9-10,17H2,1H3,(H,18,19). The van der Waals surface area contributed by atoms with Crippen LogP contribution < -0.4 is 20.5 Å². The molecule has 0 bridgehead atoms. The second kappa shape index (κ2) is 6.18. The normalized spacial score (nSPS) is 14.4. The van der Waals surface area contributed by atoms with Crippen LogP contribution in [0.25, 0.3) is 10.8 Å². The molecular formula is C16H21N3O2. The molecule has 5 heteroatoms. The first-order chi connectivity index (χ1) is 10.3. The van der Waals surface area contributed by atoms with E-state index in [1.807, 2.05) is 18.2 Å². The minimum atomic E-state index is 0.244. The maximum atomic E-state index is 5.86. The van der Waals surface area contributed by atoms with E-state index in [4.69, 9.17) is 15.2 Å². The fourth-order valence-corrected chi connectivity index (χ4v) is 2.57. The van der Waals surface area contributed by atoms with Crippen LogP contribution in [0.1, 0.15) is 26.2 Å². The van der Waals surface area contributed by atoms with E-state index in [-0.39, 0.29) is 12.8 Å². The molecule has 0 spiro atoms. The number of fused-ring (bicyclic) bond motifs is 2. The number of ether oxygens (including phenoxy) is 2. The lowest BCUT2D eigenvalue weighted by molar-refractivity contribution is 0.174. The van der Waals surface area contributed by atoms with E-state index in [1.54, 1.807) is 6.20 Å². The van der Waals surface area contributed by atoms with E-state index >= 15 is 0 Å². The van der Waals surface area contributed by atoms with E-state index in [2.05, 4.69) is 17.2 Å². The van der Waals surface area contributed by atoms with Crippen LogP contribution in [0, 0.1) is 0 Å². The highest BCUT2D eigenvalue weighted by atomic mass is 16.7. The van der Waals surface area contributed by atoms with Gasteiger partial charge in [-0.05, 0) is 30.0 Å². The summed E-state index contributed by atoms with van der Waals surface area (Å²) in [5, 5.41) is 5.59. The highest BCUT2D eigenvalue weighted by molar-refractivity contribution is 5.94. The van der Waals surface area contributed by atoms with Gasteiger partial charge < -0.3 is 20.5 Å². The summed E-state index contributed by atoms with van der Waals surface area (Å²) in [6.45, 7) is 3.07. The monoisotopic (exact) mass is 287 g/mol. The van der Waals surface area contributed by atoms with E-state index in [0.717, 1.165) is 40.9 Å². The summed E-state index contributed by atoms with van der Waals surface area (Å²) in [6.07, 6.45) is 5.18. The van der Waals surface area contributed by atoms with Crippen LogP contribution in [0.3, 0.4) is 0 Å². The molecule has 112 valence electrons. The summed E-state index contributed by atoms with van der Waals surface area (Å²) in [7, 11) is 0. The van der Waals surface area contributed by atoms with Gasteiger partial charge in [-0.1, -0.05) is 19.8 Å². The number of hydrogen-bond acceptors (Lipinski definition) is 5. The molecule has 5 nitrogen and oxygen atoms in total. The molecule has 1 atom stereocenters. The van der Waals surface area contributed by atoms with Crippen molar-refractivity contribution < 1.29 is 9.47 Å². The Morgan fingerprint density at radius 1 is 1.33 bits per heavy atom. The van der Waals surface area contributed by atoms with Crippen molar-refractivity contribution in [2.24, 2.45) is 5.73 Å². The molecule has 0 fully saturated rings. The number of unbranched alkanes of at least 4 members (excludes halogenated alkanes) is 1. The van der Waals surface area contributed by atoms with Crippen molar-refractivity contribution in [2.45, 2.75) is 32.2 Å². The van der Waals surface area contributed by atoms with Crippen molar-refractivity contribution in [1.29, 1.82) is 0 Å². The van der Waals surface area contributed by atoms with E-state index in [1.165, 1.54) is 6.42 Å². The molecule has 3 N–H and O–H groups in total. The van der Waals surface area contributed by atoms with E-state index < -0.39 is 0 Å². The molecule has 0 amide bonds. The smallest absolute Gasteiger partial charge is 0.231 e. The lowest BCUT2D eigenvalue weighted by atomic mass is 10.1. The molecule has 21 heavy (non-hydrogen) atoms. The average molecular weight is 287 g/mol. The van der Waals surface area contributed by atoms with Crippen molar-refractivity contribution in [2.75, 3.05) is 18.7 Å². The lowest BCUT2D eigenvalue weighted by Crippen LogP contribution is -2.29. The Labute approximate surface area is 124 Å². The highest BCUT2D eigenvalue weighted by Gasteiger charge is 2.17. The van der Waals surface area contributed by atoms with Gasteiger partial charge in [-0.15, -0.1) is 0 Å². The third-order valence-electron chi connectivity index (χ3n) is 3.79. The van der Waals surface area contributed by atoms with Crippen LogP contribution in [0.4, 0.5) is 5.82 Å². The fourth-order valence-electron chi connectivity index (χ4n) is 2.57. The zero-order valence-corrected chi connectivity index (χ0v) is 12.3. The largest absolute Gasteiger partial charge is 0.454 e. The van der Waals surface area contributed by atoms with Crippen LogP contribution in [0.15, 0.2) is 24.4 Å². The van der Waals surface area contributed by atoms with Crippen molar-refractivity contribution in [3.05, 3.63) is 24.4 Å². The summed E-state index contributed by atoms with van der Waals surface area (Å²) in [5.74, 6) is 2.43. The lowest BCUT2D eigenvalue weighted by Gasteiger charge is -2.18. The van der Waals surface area contributed by atoms with Gasteiger partial charge in [-0.3, -0.25) is 0 Å². The van der Waals surface area contributed by atoms with Crippen LogP contribution in [-0.2, 0) is 0 Å². The Morgan fingerprint density at radius 3 is 2.90 bits per heavy atom. The number of anilines is 1. The molecule has 2 aromatic rings. The SMILES string of the molecule is CCCCC(CN)Nc1nccc2cc3c(cc12)OCO3. The van der Waals surface area contributed by atoms with Gasteiger partial charge >= 0.3 is 0 Å². The second-order valence-corrected chi connectivity index (χ2v) is 5.31. The number of hydrogen-bond donors (Lipinski definition) is 2. The molecular weight excluding hydrogens is 266 g/mol. The predicted octanol–water partition coefficient (Wildman–Crippen LogP) is 2.89. The molecule has 1 aliphatic rings. The maximum Gasteiger partial charge on any atom is 0.231 e. The van der Waals surface area contributed by atoms with Crippen LogP contribution in [0.2, 0.25) is 0 Å². The molecule has 1 aromatic carbocycles. The average Bonchev–Trinajstić information content (AvgIpc) is 2.96. The molecule has 2 heterocycles. The zero-order valence-electron chi connectivity index (χ0n) is 12.3. The number of aromatic nitrogens is 1. The van der Waals surface area contributed by atoms with Crippen molar-refractivity contribution in [3.8, 4) is 11.5 Å². The first-order valence-electron chi connectivity index (χ1n) is 7.46. The third kappa shape index (κ3) is 2.88. The maximum absolute atomic E-state index is 5.86. The molecule has 1 aliphatic heterocycles. The molecule has 1 unspecified atom stereocenters. The number of benzene rings is 1. The topological polar surface area (TPSA) is 69.4 Å². The van der Waals surface area contributed by atoms with Gasteiger partial charge in [0.25, 0.3) is 0 Å². The van der Waals surface area contributed by atoms with E-state index in [0.29, 0.717) is 6.54 Å². The van der Waals surface area contributed by atoms with E-state index in [9.17, 15) is 0 Å². The number of nitrogens with zero attached hydrogens (tertiary/aromatic N) is 1. The van der Waals surface area contributed by atoms with Crippen LogP contribution in [0.5, 0.6) is 11.5 Å². The van der Waals surface area contributed by atoms with Gasteiger partial charge in [-0.2, -0.15) is 0 Å². The van der Waals surface area contributed by atoms with Crippen LogP contribution >= 0.6 is 0 Å². The summed E-state index contributed by atoms with van der Waals surface area (Å²) >= 11 is 0. The quantitative estimate of drug-likeness (QED) is 0.855. The zero-order chi connectivity index (χ0) is 14.7. The Balaban J connectivity index is 1.91. The molecule has 3 rings (SSSR count). The summed E-state index contributed by atoms with van der Waals surface area (Å²) in [4.78, 5) is 4.47. The molecule has 0 saturated carbocycles. The Morgan fingerprint density at radius 2 is 2.14 bits per heavy atom. The number of nitrogens with one attached hydrogen (secondary N) is 1. The van der Waals surface area contributed by atoms with Crippen LogP contribution in [-0.4, -0.2) is 24.4 Å². The third-order valence-corrected chi connectivity index (χ3v) is 3.79. The van der Waals surface area contributed by atoms with Crippen molar-refractivity contribution in [1.82, 2.24) is 4.98 Å². The van der Waals surface area contributed by atoms with Gasteiger partial charge in [0.05, 0.1) is 0 Å². The molecule has 0 radical (unpaired) electrons. The van der Waals surface area contributed by atoms with Gasteiger partial charge in [-0.25, -0.2) is 4.98 Å². The van der Waals surface area contributed by atoms with Crippen molar-refractivity contribution >= 4 is 16.6 Å². The van der Waals surface area contributed by atoms with Gasteiger partial charge in [0.15, 0.2) is 11.5 Å². The number of rotatable bonds is 6. The Kier molecular flexibility index (Phi) is 4.10. The van der Waals surface area contributed by atoms with Gasteiger partial charge in [0, 0.05) is 24.2 Å². The van der Waals surface area contributed by atoms with Gasteiger partial charge in [0.1, 0.15) is 5.82 Å². The molecule has 0 aliphatic carbocycles. The number of nitrogens with two attached hydrogens (primary N) is 1. The first-order valence-corrected chi connectivity index (χ1v) is 7.46. The summed E-state index contributed by atoms with van der Waals surface area (Å²) in [5.41, 5.74) is 5.86. The number of pyridine rings is 1. The summed E-state index contributed by atoms with van der Waals surface area (Å²) < 4.78 is 10.9. The Bertz CT molecular complexity index is 630. The van der Waals surface area contributed by atoms with Gasteiger partial charge in [0.2, 0.25) is 6.79 Å². The first kappa shape index (κ1) is 13.9. The molecule has 1 aromatic heterocycles. The fraction of sp³-hybridized carbons (Fsp3) is 0.438. The minimum Gasteiger partial charge on any atom is -0.454 e. The summed E-state index contributed by atoms with van der Waals surface area (Å²) in [6, 6.07) is 6.20. The molecule has 0 saturated heterocycles. The minimum absolute atomic E-state index is 0.244. The Hall–Kier alpha value is -2.01. The highest BCUT2D eigenvalue weighted by Crippen LogP contribution is 2.37. The second-order valence-electron chi connectivity index (χ2n) is 5.31.